The van der Waals surface area contributed by atoms with Crippen LogP contribution in [0.4, 0.5) is 4.39 Å². The van der Waals surface area contributed by atoms with Crippen molar-refractivity contribution >= 4 is 0 Å². The van der Waals surface area contributed by atoms with Crippen LogP contribution in [0.2, 0.25) is 0 Å². The quantitative estimate of drug-likeness (QED) is 0.777. The van der Waals surface area contributed by atoms with Gasteiger partial charge in [0.15, 0.2) is 0 Å². The maximum atomic E-state index is 13.0. The van der Waals surface area contributed by atoms with Gasteiger partial charge in [0, 0.05) is 6.54 Å². The average Bonchev–Trinajstić information content (AvgIpc) is 2.24. The lowest BCUT2D eigenvalue weighted by atomic mass is 10.1. The van der Waals surface area contributed by atoms with Crippen LogP contribution in [0.5, 0.6) is 0 Å². The van der Waals surface area contributed by atoms with Gasteiger partial charge < -0.3 is 11.1 Å². The van der Waals surface area contributed by atoms with Crippen molar-refractivity contribution in [1.29, 1.82) is 0 Å². The maximum Gasteiger partial charge on any atom is 0.126 e. The molecule has 3 heteroatoms. The highest BCUT2D eigenvalue weighted by atomic mass is 19.1. The van der Waals surface area contributed by atoms with E-state index in [1.54, 1.807) is 6.92 Å². The zero-order valence-corrected chi connectivity index (χ0v) is 10.1. The standard InChI is InChI=1S/C13H21FN2/c1-10(5-6-15)8-16-9-12-3-4-13(14)11(2)7-12/h3-4,7,10,16H,5-6,8-9,15H2,1-2H3. The molecule has 0 radical (unpaired) electrons. The minimum Gasteiger partial charge on any atom is -0.330 e. The summed E-state index contributed by atoms with van der Waals surface area (Å²) < 4.78 is 13.0. The fourth-order valence-corrected chi connectivity index (χ4v) is 1.67. The zero-order valence-electron chi connectivity index (χ0n) is 10.1. The van der Waals surface area contributed by atoms with Gasteiger partial charge in [0.2, 0.25) is 0 Å². The lowest BCUT2D eigenvalue weighted by molar-refractivity contribution is 0.486. The Hall–Kier alpha value is -0.930. The van der Waals surface area contributed by atoms with Crippen molar-refractivity contribution in [3.05, 3.63) is 35.1 Å². The molecule has 1 aromatic carbocycles. The first-order chi connectivity index (χ1) is 7.63. The molecule has 0 heterocycles. The molecule has 0 spiro atoms. The van der Waals surface area contributed by atoms with Crippen LogP contribution in [0.1, 0.15) is 24.5 Å². The molecular formula is C13H21FN2. The number of nitrogens with one attached hydrogen (secondary N) is 1. The molecule has 16 heavy (non-hydrogen) atoms. The van der Waals surface area contributed by atoms with Crippen molar-refractivity contribution in [1.82, 2.24) is 5.32 Å². The van der Waals surface area contributed by atoms with Crippen LogP contribution in [-0.4, -0.2) is 13.1 Å². The molecule has 0 aromatic heterocycles. The molecule has 90 valence electrons. The second kappa shape index (κ2) is 6.61. The minimum atomic E-state index is -0.139. The predicted molar refractivity (Wildman–Crippen MR) is 65.7 cm³/mol. The lowest BCUT2D eigenvalue weighted by Gasteiger charge is -2.11. The van der Waals surface area contributed by atoms with Crippen molar-refractivity contribution in [2.45, 2.75) is 26.8 Å². The molecule has 1 atom stereocenters. The first-order valence-corrected chi connectivity index (χ1v) is 5.79. The lowest BCUT2D eigenvalue weighted by Crippen LogP contribution is -2.22. The fraction of sp³-hybridized carbons (Fsp3) is 0.538. The van der Waals surface area contributed by atoms with Gasteiger partial charge in [-0.15, -0.1) is 0 Å². The molecule has 0 bridgehead atoms. The van der Waals surface area contributed by atoms with Crippen LogP contribution in [0.15, 0.2) is 18.2 Å². The summed E-state index contributed by atoms with van der Waals surface area (Å²) in [6.45, 7) is 6.44. The van der Waals surface area contributed by atoms with E-state index in [1.165, 1.54) is 6.07 Å². The highest BCUT2D eigenvalue weighted by molar-refractivity contribution is 5.23. The Kier molecular flexibility index (Phi) is 5.43. The van der Waals surface area contributed by atoms with Gasteiger partial charge in [-0.05, 0) is 49.5 Å². The zero-order chi connectivity index (χ0) is 12.0. The smallest absolute Gasteiger partial charge is 0.126 e. The molecular weight excluding hydrogens is 203 g/mol. The normalized spacial score (nSPS) is 12.8. The highest BCUT2D eigenvalue weighted by Crippen LogP contribution is 2.09. The molecule has 0 aliphatic rings. The summed E-state index contributed by atoms with van der Waals surface area (Å²) in [6.07, 6.45) is 1.04. The van der Waals surface area contributed by atoms with E-state index >= 15 is 0 Å². The van der Waals surface area contributed by atoms with E-state index in [1.807, 2.05) is 12.1 Å². The molecule has 1 rings (SSSR count). The Morgan fingerprint density at radius 3 is 2.81 bits per heavy atom. The summed E-state index contributed by atoms with van der Waals surface area (Å²) in [4.78, 5) is 0. The van der Waals surface area contributed by atoms with Gasteiger partial charge in [0.25, 0.3) is 0 Å². The third-order valence-electron chi connectivity index (χ3n) is 2.70. The molecule has 3 N–H and O–H groups in total. The largest absolute Gasteiger partial charge is 0.330 e. The van der Waals surface area contributed by atoms with Gasteiger partial charge in [-0.2, -0.15) is 0 Å². The molecule has 0 aliphatic heterocycles. The number of halogens is 1. The summed E-state index contributed by atoms with van der Waals surface area (Å²) in [5, 5.41) is 3.35. The Labute approximate surface area is 97.0 Å². The van der Waals surface area contributed by atoms with E-state index in [0.717, 1.165) is 31.6 Å². The van der Waals surface area contributed by atoms with Gasteiger partial charge in [0.05, 0.1) is 0 Å². The van der Waals surface area contributed by atoms with Gasteiger partial charge in [-0.25, -0.2) is 4.39 Å². The van der Waals surface area contributed by atoms with Gasteiger partial charge in [0.1, 0.15) is 5.82 Å². The van der Waals surface area contributed by atoms with E-state index in [9.17, 15) is 4.39 Å². The monoisotopic (exact) mass is 224 g/mol. The second-order valence-electron chi connectivity index (χ2n) is 4.40. The molecule has 0 amide bonds. The molecule has 0 aliphatic carbocycles. The number of aryl methyl sites for hydroxylation is 1. The van der Waals surface area contributed by atoms with Crippen molar-refractivity contribution in [2.75, 3.05) is 13.1 Å². The highest BCUT2D eigenvalue weighted by Gasteiger charge is 2.01. The third-order valence-corrected chi connectivity index (χ3v) is 2.70. The summed E-state index contributed by atoms with van der Waals surface area (Å²) in [7, 11) is 0. The number of hydrogen-bond acceptors (Lipinski definition) is 2. The first-order valence-electron chi connectivity index (χ1n) is 5.79. The summed E-state index contributed by atoms with van der Waals surface area (Å²) in [6, 6.07) is 5.23. The van der Waals surface area contributed by atoms with Crippen LogP contribution >= 0.6 is 0 Å². The number of hydrogen-bond donors (Lipinski definition) is 2. The number of nitrogens with two attached hydrogens (primary N) is 1. The van der Waals surface area contributed by atoms with Crippen molar-refractivity contribution < 1.29 is 4.39 Å². The Morgan fingerprint density at radius 2 is 2.19 bits per heavy atom. The summed E-state index contributed by atoms with van der Waals surface area (Å²) >= 11 is 0. The Morgan fingerprint density at radius 1 is 1.44 bits per heavy atom. The molecule has 1 aromatic rings. The predicted octanol–water partition coefficient (Wildman–Crippen LogP) is 2.21. The maximum absolute atomic E-state index is 13.0. The van der Waals surface area contributed by atoms with Crippen molar-refractivity contribution in [3.8, 4) is 0 Å². The van der Waals surface area contributed by atoms with E-state index in [0.29, 0.717) is 11.5 Å². The molecule has 0 saturated heterocycles. The van der Waals surface area contributed by atoms with Gasteiger partial charge >= 0.3 is 0 Å². The van der Waals surface area contributed by atoms with Crippen LogP contribution in [-0.2, 0) is 6.54 Å². The van der Waals surface area contributed by atoms with Crippen LogP contribution in [0.3, 0.4) is 0 Å². The van der Waals surface area contributed by atoms with Crippen LogP contribution in [0.25, 0.3) is 0 Å². The fourth-order valence-electron chi connectivity index (χ4n) is 1.67. The molecule has 0 fully saturated rings. The number of rotatable bonds is 6. The summed E-state index contributed by atoms with van der Waals surface area (Å²) in [5.41, 5.74) is 7.31. The average molecular weight is 224 g/mol. The SMILES string of the molecule is Cc1cc(CNCC(C)CCN)ccc1F. The molecule has 1 unspecified atom stereocenters. The van der Waals surface area contributed by atoms with Crippen molar-refractivity contribution in [3.63, 3.8) is 0 Å². The van der Waals surface area contributed by atoms with Gasteiger partial charge in [-0.1, -0.05) is 19.1 Å². The minimum absolute atomic E-state index is 0.139. The molecule has 0 saturated carbocycles. The third kappa shape index (κ3) is 4.29. The Balaban J connectivity index is 2.34. The van der Waals surface area contributed by atoms with E-state index < -0.39 is 0 Å². The van der Waals surface area contributed by atoms with E-state index in [2.05, 4.69) is 12.2 Å². The van der Waals surface area contributed by atoms with E-state index in [4.69, 9.17) is 5.73 Å². The summed E-state index contributed by atoms with van der Waals surface area (Å²) in [5.74, 6) is 0.451. The van der Waals surface area contributed by atoms with E-state index in [-0.39, 0.29) is 5.82 Å². The van der Waals surface area contributed by atoms with Crippen molar-refractivity contribution in [2.24, 2.45) is 11.7 Å². The molecule has 2 nitrogen and oxygen atoms in total. The Bertz CT molecular complexity index is 326. The number of benzene rings is 1. The second-order valence-corrected chi connectivity index (χ2v) is 4.40. The first kappa shape index (κ1) is 13.1. The van der Waals surface area contributed by atoms with Crippen LogP contribution in [0, 0.1) is 18.7 Å². The van der Waals surface area contributed by atoms with Crippen LogP contribution < -0.4 is 11.1 Å². The topological polar surface area (TPSA) is 38.0 Å². The van der Waals surface area contributed by atoms with Gasteiger partial charge in [-0.3, -0.25) is 0 Å².